The number of carbonyl (C=O) groups is 1. The Balaban J connectivity index is 2.77. The molecular formula is C15H17FN2O2. The lowest BCUT2D eigenvalue weighted by atomic mass is 10.1. The number of aliphatic carboxylic acids is 1. The fraction of sp³-hybridized carbons (Fsp3) is 0.333. The summed E-state index contributed by atoms with van der Waals surface area (Å²) in [4.78, 5) is 12.4. The lowest BCUT2D eigenvalue weighted by Crippen LogP contribution is -2.24. The molecule has 4 nitrogen and oxygen atoms in total. The van der Waals surface area contributed by atoms with Crippen LogP contribution in [0.2, 0.25) is 0 Å². The molecule has 0 unspecified atom stereocenters. The lowest BCUT2D eigenvalue weighted by Gasteiger charge is -2.19. The number of hydrogen-bond donors (Lipinski definition) is 1. The number of carboxylic acid groups (broad SMARTS) is 1. The Hall–Kier alpha value is -2.19. The molecule has 5 heteroatoms. The summed E-state index contributed by atoms with van der Waals surface area (Å²) in [5, 5.41) is 17.1. The van der Waals surface area contributed by atoms with Crippen LogP contribution in [0.15, 0.2) is 24.3 Å². The topological polar surface area (TPSA) is 64.3 Å². The van der Waals surface area contributed by atoms with Crippen LogP contribution in [0.4, 0.5) is 4.39 Å². The molecule has 0 amide bonds. The summed E-state index contributed by atoms with van der Waals surface area (Å²) in [5.74, 6) is -1.43. The third-order valence-electron chi connectivity index (χ3n) is 2.88. The first-order valence-electron chi connectivity index (χ1n) is 6.35. The number of nitrogens with zero attached hydrogens (tertiary/aromatic N) is 2. The van der Waals surface area contributed by atoms with Crippen LogP contribution < -0.4 is 0 Å². The van der Waals surface area contributed by atoms with Crippen LogP contribution in [0.1, 0.15) is 24.5 Å². The average molecular weight is 276 g/mol. The van der Waals surface area contributed by atoms with Crippen molar-refractivity contribution in [3.8, 4) is 6.07 Å². The summed E-state index contributed by atoms with van der Waals surface area (Å²) in [6.07, 6.45) is 2.73. The molecule has 0 saturated heterocycles. The zero-order valence-corrected chi connectivity index (χ0v) is 11.3. The van der Waals surface area contributed by atoms with Gasteiger partial charge >= 0.3 is 5.97 Å². The molecule has 1 rings (SSSR count). The van der Waals surface area contributed by atoms with Gasteiger partial charge in [-0.25, -0.2) is 9.18 Å². The number of nitriles is 1. The van der Waals surface area contributed by atoms with Crippen LogP contribution >= 0.6 is 0 Å². The van der Waals surface area contributed by atoms with E-state index >= 15 is 0 Å². The molecule has 20 heavy (non-hydrogen) atoms. The standard InChI is InChI=1S/C15H17FN2O2/c1-2-18(9-3-8-17)11-13-6-4-12(10-14(13)16)5-7-15(19)20/h4-7,10H,2-3,9,11H2,1H3,(H,19,20). The van der Waals surface area contributed by atoms with Gasteiger partial charge < -0.3 is 5.11 Å². The van der Waals surface area contributed by atoms with Gasteiger partial charge in [0.1, 0.15) is 5.82 Å². The molecule has 0 aliphatic carbocycles. The molecule has 0 bridgehead atoms. The Morgan fingerprint density at radius 2 is 2.30 bits per heavy atom. The van der Waals surface area contributed by atoms with Gasteiger partial charge in [-0.2, -0.15) is 5.26 Å². The van der Waals surface area contributed by atoms with Crippen LogP contribution in [0.5, 0.6) is 0 Å². The number of halogens is 1. The zero-order chi connectivity index (χ0) is 15.0. The first-order valence-corrected chi connectivity index (χ1v) is 6.35. The van der Waals surface area contributed by atoms with Crippen molar-refractivity contribution in [2.75, 3.05) is 13.1 Å². The second-order valence-corrected chi connectivity index (χ2v) is 4.30. The third kappa shape index (κ3) is 5.21. The first-order chi connectivity index (χ1) is 9.56. The van der Waals surface area contributed by atoms with Crippen LogP contribution in [0.25, 0.3) is 6.08 Å². The minimum absolute atomic E-state index is 0.368. The normalized spacial score (nSPS) is 10.9. The van der Waals surface area contributed by atoms with Gasteiger partial charge in [0.05, 0.1) is 6.07 Å². The molecular weight excluding hydrogens is 259 g/mol. The van der Waals surface area contributed by atoms with Gasteiger partial charge in [0, 0.05) is 31.1 Å². The number of rotatable bonds is 7. The highest BCUT2D eigenvalue weighted by molar-refractivity contribution is 5.85. The molecule has 0 spiro atoms. The van der Waals surface area contributed by atoms with Gasteiger partial charge in [-0.3, -0.25) is 4.90 Å². The van der Waals surface area contributed by atoms with E-state index in [-0.39, 0.29) is 5.82 Å². The summed E-state index contributed by atoms with van der Waals surface area (Å²) in [6.45, 7) is 3.74. The van der Waals surface area contributed by atoms with Crippen molar-refractivity contribution in [1.29, 1.82) is 5.26 Å². The SMILES string of the molecule is CCN(CCC#N)Cc1ccc(C=CC(=O)O)cc1F. The van der Waals surface area contributed by atoms with E-state index in [0.29, 0.717) is 30.6 Å². The molecule has 0 saturated carbocycles. The fourth-order valence-electron chi connectivity index (χ4n) is 1.76. The number of hydrogen-bond acceptors (Lipinski definition) is 3. The van der Waals surface area contributed by atoms with Gasteiger partial charge in [0.25, 0.3) is 0 Å². The second kappa shape index (κ2) is 8.08. The van der Waals surface area contributed by atoms with E-state index in [1.807, 2.05) is 11.8 Å². The average Bonchev–Trinajstić information content (AvgIpc) is 2.43. The molecule has 1 aromatic carbocycles. The van der Waals surface area contributed by atoms with Crippen molar-refractivity contribution in [3.05, 3.63) is 41.2 Å². The molecule has 0 aliphatic heterocycles. The van der Waals surface area contributed by atoms with Crippen molar-refractivity contribution >= 4 is 12.0 Å². The van der Waals surface area contributed by atoms with Crippen LogP contribution in [-0.4, -0.2) is 29.1 Å². The van der Waals surface area contributed by atoms with Gasteiger partial charge in [-0.15, -0.1) is 0 Å². The molecule has 0 aromatic heterocycles. The highest BCUT2D eigenvalue weighted by atomic mass is 19.1. The largest absolute Gasteiger partial charge is 0.478 e. The molecule has 0 heterocycles. The van der Waals surface area contributed by atoms with Gasteiger partial charge in [-0.05, 0) is 24.3 Å². The lowest BCUT2D eigenvalue weighted by molar-refractivity contribution is -0.131. The smallest absolute Gasteiger partial charge is 0.328 e. The van der Waals surface area contributed by atoms with E-state index in [0.717, 1.165) is 12.6 Å². The third-order valence-corrected chi connectivity index (χ3v) is 2.88. The van der Waals surface area contributed by atoms with E-state index in [9.17, 15) is 9.18 Å². The van der Waals surface area contributed by atoms with Gasteiger partial charge in [0.15, 0.2) is 0 Å². The van der Waals surface area contributed by atoms with E-state index in [2.05, 4.69) is 6.07 Å². The van der Waals surface area contributed by atoms with Crippen molar-refractivity contribution < 1.29 is 14.3 Å². The van der Waals surface area contributed by atoms with Gasteiger partial charge in [0.2, 0.25) is 0 Å². The zero-order valence-electron chi connectivity index (χ0n) is 11.3. The highest BCUT2D eigenvalue weighted by Gasteiger charge is 2.08. The Labute approximate surface area is 117 Å². The molecule has 0 aliphatic rings. The second-order valence-electron chi connectivity index (χ2n) is 4.30. The summed E-state index contributed by atoms with van der Waals surface area (Å²) >= 11 is 0. The predicted molar refractivity (Wildman–Crippen MR) is 74.3 cm³/mol. The van der Waals surface area contributed by atoms with E-state index in [1.165, 1.54) is 12.1 Å². The predicted octanol–water partition coefficient (Wildman–Crippen LogP) is 2.66. The van der Waals surface area contributed by atoms with Crippen molar-refractivity contribution in [3.63, 3.8) is 0 Å². The van der Waals surface area contributed by atoms with Crippen molar-refractivity contribution in [2.24, 2.45) is 0 Å². The maximum Gasteiger partial charge on any atom is 0.328 e. The molecule has 1 aromatic rings. The molecule has 1 N–H and O–H groups in total. The van der Waals surface area contributed by atoms with Crippen LogP contribution in [-0.2, 0) is 11.3 Å². The van der Waals surface area contributed by atoms with E-state index in [1.54, 1.807) is 12.1 Å². The van der Waals surface area contributed by atoms with Crippen LogP contribution in [0.3, 0.4) is 0 Å². The minimum Gasteiger partial charge on any atom is -0.478 e. The Bertz CT molecular complexity index is 535. The molecule has 0 fully saturated rings. The monoisotopic (exact) mass is 276 g/mol. The van der Waals surface area contributed by atoms with Gasteiger partial charge in [-0.1, -0.05) is 19.1 Å². The van der Waals surface area contributed by atoms with Crippen molar-refractivity contribution in [2.45, 2.75) is 19.9 Å². The fourth-order valence-corrected chi connectivity index (χ4v) is 1.76. The van der Waals surface area contributed by atoms with E-state index in [4.69, 9.17) is 10.4 Å². The molecule has 0 atom stereocenters. The highest BCUT2D eigenvalue weighted by Crippen LogP contribution is 2.14. The quantitative estimate of drug-likeness (QED) is 0.778. The van der Waals surface area contributed by atoms with E-state index < -0.39 is 5.97 Å². The maximum atomic E-state index is 13.9. The summed E-state index contributed by atoms with van der Waals surface area (Å²) in [7, 11) is 0. The summed E-state index contributed by atoms with van der Waals surface area (Å²) in [6, 6.07) is 6.70. The molecule has 106 valence electrons. The maximum absolute atomic E-state index is 13.9. The Morgan fingerprint density at radius 3 is 2.85 bits per heavy atom. The first kappa shape index (κ1) is 15.9. The Kier molecular flexibility index (Phi) is 6.41. The number of carboxylic acids is 1. The van der Waals surface area contributed by atoms with Crippen molar-refractivity contribution in [1.82, 2.24) is 4.90 Å². The summed E-state index contributed by atoms with van der Waals surface area (Å²) in [5.41, 5.74) is 1.05. The van der Waals surface area contributed by atoms with Crippen LogP contribution in [0, 0.1) is 17.1 Å². The summed E-state index contributed by atoms with van der Waals surface area (Å²) < 4.78 is 13.9. The minimum atomic E-state index is -1.07. The number of benzene rings is 1. The Morgan fingerprint density at radius 1 is 1.55 bits per heavy atom. The molecule has 0 radical (unpaired) electrons.